The van der Waals surface area contributed by atoms with Crippen LogP contribution in [0.15, 0.2) is 29.6 Å². The molecule has 1 nitrogen and oxygen atoms in total. The molecule has 1 aromatic carbocycles. The van der Waals surface area contributed by atoms with E-state index in [2.05, 4.69) is 0 Å². The second-order valence-corrected chi connectivity index (χ2v) is 4.67. The molecule has 84 valence electrons. The van der Waals surface area contributed by atoms with Crippen molar-refractivity contribution in [2.24, 2.45) is 5.73 Å². The fourth-order valence-electron chi connectivity index (χ4n) is 1.40. The minimum Gasteiger partial charge on any atom is -0.320 e. The van der Waals surface area contributed by atoms with E-state index in [1.165, 1.54) is 11.3 Å². The second-order valence-electron chi connectivity index (χ2n) is 3.28. The predicted octanol–water partition coefficient (Wildman–Crippen LogP) is 3.73. The Kier molecular flexibility index (Phi) is 3.23. The van der Waals surface area contributed by atoms with Gasteiger partial charge in [0.25, 0.3) is 0 Å². The van der Waals surface area contributed by atoms with Crippen molar-refractivity contribution in [1.29, 1.82) is 0 Å². The monoisotopic (exact) mass is 259 g/mol. The first-order valence-electron chi connectivity index (χ1n) is 4.53. The number of nitrogens with two attached hydrogens (primary N) is 1. The highest BCUT2D eigenvalue weighted by Crippen LogP contribution is 2.28. The van der Waals surface area contributed by atoms with Crippen LogP contribution in [0.25, 0.3) is 0 Å². The first-order valence-corrected chi connectivity index (χ1v) is 5.79. The molecule has 1 heterocycles. The van der Waals surface area contributed by atoms with E-state index in [-0.39, 0.29) is 10.6 Å². The zero-order valence-electron chi connectivity index (χ0n) is 8.08. The van der Waals surface area contributed by atoms with E-state index >= 15 is 0 Å². The second kappa shape index (κ2) is 4.49. The Morgan fingerprint density at radius 1 is 1.25 bits per heavy atom. The van der Waals surface area contributed by atoms with E-state index in [1.54, 1.807) is 6.07 Å². The summed E-state index contributed by atoms with van der Waals surface area (Å²) in [6, 6.07) is 4.92. The molecule has 0 saturated heterocycles. The third kappa shape index (κ3) is 2.09. The van der Waals surface area contributed by atoms with Crippen molar-refractivity contribution in [3.05, 3.63) is 56.7 Å². The van der Waals surface area contributed by atoms with Crippen molar-refractivity contribution < 1.29 is 8.78 Å². The van der Waals surface area contributed by atoms with Gasteiger partial charge in [-0.1, -0.05) is 17.7 Å². The zero-order valence-corrected chi connectivity index (χ0v) is 9.66. The van der Waals surface area contributed by atoms with Gasteiger partial charge in [0.1, 0.15) is 11.6 Å². The molecule has 2 aromatic rings. The summed E-state index contributed by atoms with van der Waals surface area (Å²) >= 11 is 6.86. The molecule has 0 aliphatic rings. The summed E-state index contributed by atoms with van der Waals surface area (Å²) in [7, 11) is 0. The number of hydrogen-bond donors (Lipinski definition) is 1. The fourth-order valence-corrected chi connectivity index (χ4v) is 2.29. The van der Waals surface area contributed by atoms with Crippen LogP contribution in [0.5, 0.6) is 0 Å². The number of hydrogen-bond acceptors (Lipinski definition) is 2. The van der Waals surface area contributed by atoms with Crippen LogP contribution in [0, 0.1) is 11.6 Å². The van der Waals surface area contributed by atoms with Crippen LogP contribution in [0.1, 0.15) is 16.5 Å². The van der Waals surface area contributed by atoms with Crippen LogP contribution in [0.3, 0.4) is 0 Å². The van der Waals surface area contributed by atoms with E-state index in [9.17, 15) is 8.78 Å². The summed E-state index contributed by atoms with van der Waals surface area (Å²) in [5.74, 6) is -1.25. The molecule has 0 aliphatic heterocycles. The van der Waals surface area contributed by atoms with Crippen LogP contribution >= 0.6 is 22.9 Å². The van der Waals surface area contributed by atoms with Gasteiger partial charge in [0, 0.05) is 10.4 Å². The molecule has 0 fully saturated rings. The first kappa shape index (κ1) is 11.5. The van der Waals surface area contributed by atoms with Gasteiger partial charge in [-0.3, -0.25) is 0 Å². The van der Waals surface area contributed by atoms with E-state index < -0.39 is 17.7 Å². The lowest BCUT2D eigenvalue weighted by molar-refractivity contribution is 0.578. The molecule has 16 heavy (non-hydrogen) atoms. The first-order chi connectivity index (χ1) is 7.59. The lowest BCUT2D eigenvalue weighted by atomic mass is 10.1. The largest absolute Gasteiger partial charge is 0.320 e. The van der Waals surface area contributed by atoms with Crippen molar-refractivity contribution >= 4 is 22.9 Å². The molecule has 2 rings (SSSR count). The van der Waals surface area contributed by atoms with Crippen molar-refractivity contribution in [2.45, 2.75) is 6.04 Å². The molecule has 0 spiro atoms. The molecule has 5 heteroatoms. The van der Waals surface area contributed by atoms with Gasteiger partial charge in [0.15, 0.2) is 0 Å². The molecule has 0 radical (unpaired) electrons. The normalized spacial score (nSPS) is 12.8. The van der Waals surface area contributed by atoms with Gasteiger partial charge in [0.2, 0.25) is 0 Å². The Morgan fingerprint density at radius 3 is 2.62 bits per heavy atom. The average Bonchev–Trinajstić information content (AvgIpc) is 2.75. The SMILES string of the molecule is NC(c1cccs1)c1cc(F)c(Cl)cc1F. The van der Waals surface area contributed by atoms with E-state index in [0.717, 1.165) is 17.0 Å². The summed E-state index contributed by atoms with van der Waals surface area (Å²) in [4.78, 5) is 0.778. The van der Waals surface area contributed by atoms with Crippen LogP contribution in [0.2, 0.25) is 5.02 Å². The highest BCUT2D eigenvalue weighted by molar-refractivity contribution is 7.10. The van der Waals surface area contributed by atoms with Crippen molar-refractivity contribution in [3.63, 3.8) is 0 Å². The molecule has 0 saturated carbocycles. The highest BCUT2D eigenvalue weighted by atomic mass is 35.5. The van der Waals surface area contributed by atoms with Gasteiger partial charge in [-0.25, -0.2) is 8.78 Å². The van der Waals surface area contributed by atoms with Gasteiger partial charge >= 0.3 is 0 Å². The Morgan fingerprint density at radius 2 is 2.00 bits per heavy atom. The summed E-state index contributed by atoms with van der Waals surface area (Å²) in [5, 5.41) is 1.60. The van der Waals surface area contributed by atoms with Crippen LogP contribution in [-0.4, -0.2) is 0 Å². The average molecular weight is 260 g/mol. The fraction of sp³-hybridized carbons (Fsp3) is 0.0909. The van der Waals surface area contributed by atoms with E-state index in [0.29, 0.717) is 0 Å². The topological polar surface area (TPSA) is 26.0 Å². The minimum absolute atomic E-state index is 0.115. The summed E-state index contributed by atoms with van der Waals surface area (Å²) in [6.07, 6.45) is 0. The third-order valence-corrected chi connectivity index (χ3v) is 3.47. The quantitative estimate of drug-likeness (QED) is 0.817. The van der Waals surface area contributed by atoms with Crippen LogP contribution < -0.4 is 5.73 Å². The maximum Gasteiger partial charge on any atom is 0.142 e. The third-order valence-electron chi connectivity index (χ3n) is 2.22. The lowest BCUT2D eigenvalue weighted by Gasteiger charge is -2.11. The molecule has 1 atom stereocenters. The Balaban J connectivity index is 2.44. The maximum atomic E-state index is 13.5. The van der Waals surface area contributed by atoms with E-state index in [1.807, 2.05) is 11.4 Å². The van der Waals surface area contributed by atoms with Crippen molar-refractivity contribution in [1.82, 2.24) is 0 Å². The lowest BCUT2D eigenvalue weighted by Crippen LogP contribution is -2.12. The highest BCUT2D eigenvalue weighted by Gasteiger charge is 2.17. The van der Waals surface area contributed by atoms with Crippen LogP contribution in [0.4, 0.5) is 8.78 Å². The van der Waals surface area contributed by atoms with Gasteiger partial charge in [-0.2, -0.15) is 0 Å². The maximum absolute atomic E-state index is 13.5. The number of rotatable bonds is 2. The smallest absolute Gasteiger partial charge is 0.142 e. The molecule has 0 aliphatic carbocycles. The molecule has 0 amide bonds. The Bertz CT molecular complexity index is 499. The standard InChI is InChI=1S/C11H8ClF2NS/c12-7-5-8(13)6(4-9(7)14)11(15)10-2-1-3-16-10/h1-5,11H,15H2. The molecular weight excluding hydrogens is 252 g/mol. The molecular formula is C11H8ClF2NS. The number of halogens is 3. The van der Waals surface area contributed by atoms with E-state index in [4.69, 9.17) is 17.3 Å². The molecule has 1 unspecified atom stereocenters. The number of thiophene rings is 1. The summed E-state index contributed by atoms with van der Waals surface area (Å²) in [5.41, 5.74) is 5.96. The number of benzene rings is 1. The van der Waals surface area contributed by atoms with Crippen molar-refractivity contribution in [2.75, 3.05) is 0 Å². The van der Waals surface area contributed by atoms with Gasteiger partial charge in [-0.15, -0.1) is 11.3 Å². The van der Waals surface area contributed by atoms with Crippen LogP contribution in [-0.2, 0) is 0 Å². The summed E-state index contributed by atoms with van der Waals surface area (Å²) < 4.78 is 26.8. The molecule has 2 N–H and O–H groups in total. The minimum atomic E-state index is -0.662. The summed E-state index contributed by atoms with van der Waals surface area (Å²) in [6.45, 7) is 0. The molecule has 0 bridgehead atoms. The van der Waals surface area contributed by atoms with Gasteiger partial charge < -0.3 is 5.73 Å². The molecule has 1 aromatic heterocycles. The van der Waals surface area contributed by atoms with Crippen molar-refractivity contribution in [3.8, 4) is 0 Å². The Labute approximate surface area is 100 Å². The van der Waals surface area contributed by atoms with Gasteiger partial charge in [-0.05, 0) is 23.6 Å². The van der Waals surface area contributed by atoms with Gasteiger partial charge in [0.05, 0.1) is 11.1 Å². The predicted molar refractivity (Wildman–Crippen MR) is 61.7 cm³/mol. The zero-order chi connectivity index (χ0) is 11.7. The Hall–Kier alpha value is -0.970.